The summed E-state index contributed by atoms with van der Waals surface area (Å²) >= 11 is 7.55. The molecular formula is C14H13ClOS. The van der Waals surface area contributed by atoms with Crippen LogP contribution in [0.25, 0.3) is 0 Å². The highest BCUT2D eigenvalue weighted by molar-refractivity contribution is 7.99. The lowest BCUT2D eigenvalue weighted by molar-refractivity contribution is 0.279. The van der Waals surface area contributed by atoms with Gasteiger partial charge >= 0.3 is 0 Å². The van der Waals surface area contributed by atoms with Gasteiger partial charge in [-0.1, -0.05) is 41.1 Å². The molecule has 17 heavy (non-hydrogen) atoms. The lowest BCUT2D eigenvalue weighted by atomic mass is 10.2. The number of rotatable bonds is 3. The molecule has 0 atom stereocenters. The molecule has 0 aliphatic rings. The zero-order valence-corrected chi connectivity index (χ0v) is 11.1. The molecule has 1 nitrogen and oxygen atoms in total. The van der Waals surface area contributed by atoms with E-state index in [-0.39, 0.29) is 6.61 Å². The zero-order valence-electron chi connectivity index (χ0n) is 9.48. The van der Waals surface area contributed by atoms with Gasteiger partial charge in [0.05, 0.1) is 6.61 Å². The van der Waals surface area contributed by atoms with Crippen LogP contribution in [0.4, 0.5) is 0 Å². The van der Waals surface area contributed by atoms with Crippen molar-refractivity contribution in [3.8, 4) is 0 Å². The van der Waals surface area contributed by atoms with E-state index in [1.165, 1.54) is 10.5 Å². The van der Waals surface area contributed by atoms with Crippen LogP contribution in [0.5, 0.6) is 0 Å². The van der Waals surface area contributed by atoms with E-state index in [1.54, 1.807) is 17.8 Å². The molecule has 0 radical (unpaired) electrons. The second-order valence-electron chi connectivity index (χ2n) is 3.83. The minimum Gasteiger partial charge on any atom is -0.392 e. The van der Waals surface area contributed by atoms with Crippen LogP contribution in [-0.4, -0.2) is 5.11 Å². The van der Waals surface area contributed by atoms with E-state index >= 15 is 0 Å². The monoisotopic (exact) mass is 264 g/mol. The van der Waals surface area contributed by atoms with Gasteiger partial charge in [0.2, 0.25) is 0 Å². The molecule has 0 aliphatic heterocycles. The first-order valence-electron chi connectivity index (χ1n) is 5.33. The second-order valence-corrected chi connectivity index (χ2v) is 5.38. The fourth-order valence-electron chi connectivity index (χ4n) is 1.58. The first kappa shape index (κ1) is 12.5. The maximum atomic E-state index is 9.30. The maximum absolute atomic E-state index is 9.30. The van der Waals surface area contributed by atoms with E-state index in [2.05, 4.69) is 25.1 Å². The van der Waals surface area contributed by atoms with Gasteiger partial charge in [0.25, 0.3) is 0 Å². The molecule has 0 spiro atoms. The van der Waals surface area contributed by atoms with Gasteiger partial charge in [0, 0.05) is 14.8 Å². The van der Waals surface area contributed by atoms with Gasteiger partial charge in [0.1, 0.15) is 0 Å². The Bertz CT molecular complexity index is 525. The summed E-state index contributed by atoms with van der Waals surface area (Å²) in [4.78, 5) is 2.21. The molecule has 2 rings (SSSR count). The molecule has 0 aromatic heterocycles. The van der Waals surface area contributed by atoms with Gasteiger partial charge in [-0.2, -0.15) is 0 Å². The highest BCUT2D eigenvalue weighted by atomic mass is 35.5. The van der Waals surface area contributed by atoms with Crippen LogP contribution >= 0.6 is 23.4 Å². The van der Waals surface area contributed by atoms with Crippen molar-refractivity contribution in [2.24, 2.45) is 0 Å². The fraction of sp³-hybridized carbons (Fsp3) is 0.143. The van der Waals surface area contributed by atoms with E-state index in [0.29, 0.717) is 5.02 Å². The SMILES string of the molecule is Cc1cccc(Sc2ccc(Cl)cc2CO)c1. The Labute approximate surface area is 110 Å². The zero-order chi connectivity index (χ0) is 12.3. The number of hydrogen-bond acceptors (Lipinski definition) is 2. The average Bonchev–Trinajstić information content (AvgIpc) is 2.31. The summed E-state index contributed by atoms with van der Waals surface area (Å²) in [7, 11) is 0. The molecule has 0 unspecified atom stereocenters. The van der Waals surface area contributed by atoms with Crippen molar-refractivity contribution >= 4 is 23.4 Å². The third kappa shape index (κ3) is 3.25. The van der Waals surface area contributed by atoms with Crippen molar-refractivity contribution in [2.45, 2.75) is 23.3 Å². The van der Waals surface area contributed by atoms with Crippen LogP contribution < -0.4 is 0 Å². The quantitative estimate of drug-likeness (QED) is 0.892. The predicted molar refractivity (Wildman–Crippen MR) is 72.7 cm³/mol. The average molecular weight is 265 g/mol. The van der Waals surface area contributed by atoms with Crippen molar-refractivity contribution in [3.63, 3.8) is 0 Å². The Morgan fingerprint density at radius 2 is 2.00 bits per heavy atom. The van der Waals surface area contributed by atoms with Crippen molar-refractivity contribution < 1.29 is 5.11 Å². The molecule has 2 aromatic carbocycles. The van der Waals surface area contributed by atoms with Crippen LogP contribution in [0.15, 0.2) is 52.3 Å². The normalized spacial score (nSPS) is 10.5. The van der Waals surface area contributed by atoms with Gasteiger partial charge in [-0.05, 0) is 42.8 Å². The first-order valence-corrected chi connectivity index (χ1v) is 6.52. The smallest absolute Gasteiger partial charge is 0.0693 e. The number of aliphatic hydroxyl groups is 1. The number of halogens is 1. The van der Waals surface area contributed by atoms with Crippen LogP contribution in [0.2, 0.25) is 5.02 Å². The molecule has 88 valence electrons. The van der Waals surface area contributed by atoms with E-state index in [4.69, 9.17) is 11.6 Å². The highest BCUT2D eigenvalue weighted by Gasteiger charge is 2.04. The van der Waals surface area contributed by atoms with Crippen LogP contribution in [0.3, 0.4) is 0 Å². The van der Waals surface area contributed by atoms with E-state index in [1.807, 2.05) is 18.2 Å². The van der Waals surface area contributed by atoms with Gasteiger partial charge in [-0.25, -0.2) is 0 Å². The summed E-state index contributed by atoms with van der Waals surface area (Å²) in [5.41, 5.74) is 2.10. The van der Waals surface area contributed by atoms with Crippen molar-refractivity contribution in [1.82, 2.24) is 0 Å². The topological polar surface area (TPSA) is 20.2 Å². The van der Waals surface area contributed by atoms with Crippen molar-refractivity contribution in [1.29, 1.82) is 0 Å². The summed E-state index contributed by atoms with van der Waals surface area (Å²) in [6.07, 6.45) is 0. The van der Waals surface area contributed by atoms with Crippen molar-refractivity contribution in [2.75, 3.05) is 0 Å². The molecule has 0 bridgehead atoms. The van der Waals surface area contributed by atoms with E-state index in [9.17, 15) is 5.11 Å². The summed E-state index contributed by atoms with van der Waals surface area (Å²) in [6, 6.07) is 13.9. The maximum Gasteiger partial charge on any atom is 0.0693 e. The number of aryl methyl sites for hydroxylation is 1. The highest BCUT2D eigenvalue weighted by Crippen LogP contribution is 2.32. The molecule has 0 aliphatic carbocycles. The molecular weight excluding hydrogens is 252 g/mol. The van der Waals surface area contributed by atoms with E-state index < -0.39 is 0 Å². The third-order valence-electron chi connectivity index (χ3n) is 2.41. The molecule has 2 aromatic rings. The molecule has 0 heterocycles. The minimum atomic E-state index is 0.00864. The van der Waals surface area contributed by atoms with Crippen LogP contribution in [0, 0.1) is 6.92 Å². The second kappa shape index (κ2) is 5.58. The number of aliphatic hydroxyl groups excluding tert-OH is 1. The third-order valence-corrected chi connectivity index (χ3v) is 3.75. The van der Waals surface area contributed by atoms with Crippen molar-refractivity contribution in [3.05, 3.63) is 58.6 Å². The predicted octanol–water partition coefficient (Wildman–Crippen LogP) is 4.29. The Kier molecular flexibility index (Phi) is 4.11. The standard InChI is InChI=1S/C14H13ClOS/c1-10-3-2-4-13(7-10)17-14-6-5-12(15)8-11(14)9-16/h2-8,16H,9H2,1H3. The van der Waals surface area contributed by atoms with Crippen LogP contribution in [-0.2, 0) is 6.61 Å². The Morgan fingerprint density at radius 3 is 2.71 bits per heavy atom. The molecule has 0 fully saturated rings. The molecule has 1 N–H and O–H groups in total. The minimum absolute atomic E-state index is 0.00864. The summed E-state index contributed by atoms with van der Waals surface area (Å²) < 4.78 is 0. The summed E-state index contributed by atoms with van der Waals surface area (Å²) in [5.74, 6) is 0. The Morgan fingerprint density at radius 1 is 1.18 bits per heavy atom. The lowest BCUT2D eigenvalue weighted by Crippen LogP contribution is -1.87. The Hall–Kier alpha value is -0.960. The van der Waals surface area contributed by atoms with Gasteiger partial charge in [0.15, 0.2) is 0 Å². The van der Waals surface area contributed by atoms with Gasteiger partial charge in [-0.15, -0.1) is 0 Å². The Balaban J connectivity index is 2.29. The number of benzene rings is 2. The van der Waals surface area contributed by atoms with Crippen LogP contribution in [0.1, 0.15) is 11.1 Å². The molecule has 0 saturated heterocycles. The lowest BCUT2D eigenvalue weighted by Gasteiger charge is -2.08. The first-order chi connectivity index (χ1) is 8.19. The summed E-state index contributed by atoms with van der Waals surface area (Å²) in [6.45, 7) is 2.08. The fourth-order valence-corrected chi connectivity index (χ4v) is 2.81. The van der Waals surface area contributed by atoms with Gasteiger partial charge < -0.3 is 5.11 Å². The molecule has 0 saturated carbocycles. The van der Waals surface area contributed by atoms with Gasteiger partial charge in [-0.3, -0.25) is 0 Å². The summed E-state index contributed by atoms with van der Waals surface area (Å²) in [5, 5.41) is 9.96. The van der Waals surface area contributed by atoms with E-state index in [0.717, 1.165) is 10.5 Å². The largest absolute Gasteiger partial charge is 0.392 e. The molecule has 0 amide bonds. The molecule has 3 heteroatoms. The number of hydrogen-bond donors (Lipinski definition) is 1.